The monoisotopic (exact) mass is 358 g/mol. The van der Waals surface area contributed by atoms with E-state index in [2.05, 4.69) is 24.8 Å². The van der Waals surface area contributed by atoms with Crippen LogP contribution < -0.4 is 4.90 Å². The van der Waals surface area contributed by atoms with Crippen LogP contribution in [0.25, 0.3) is 0 Å². The molecule has 138 valence electrons. The molecule has 2 aromatic rings. The predicted octanol–water partition coefficient (Wildman–Crippen LogP) is 0.390. The second-order valence-electron chi connectivity index (χ2n) is 5.96. The van der Waals surface area contributed by atoms with Crippen LogP contribution in [-0.2, 0) is 16.1 Å². The molecule has 0 spiro atoms. The minimum atomic E-state index is -0.226. The lowest BCUT2D eigenvalue weighted by atomic mass is 10.2. The molecule has 1 unspecified atom stereocenters. The third kappa shape index (κ3) is 4.50. The highest BCUT2D eigenvalue weighted by Crippen LogP contribution is 2.16. The molecule has 1 saturated heterocycles. The molecule has 3 rings (SSSR count). The fourth-order valence-electron chi connectivity index (χ4n) is 2.77. The Kier molecular flexibility index (Phi) is 6.03. The SMILES string of the molecule is COCc1nccc(N2CCOC(CN(C)C(=O)c3ncccn3)C2)n1. The van der Waals surface area contributed by atoms with Gasteiger partial charge in [-0.3, -0.25) is 4.79 Å². The number of amides is 1. The van der Waals surface area contributed by atoms with Crippen molar-refractivity contribution in [2.24, 2.45) is 0 Å². The van der Waals surface area contributed by atoms with Gasteiger partial charge < -0.3 is 19.3 Å². The van der Waals surface area contributed by atoms with Gasteiger partial charge in [0.2, 0.25) is 5.82 Å². The molecule has 9 nitrogen and oxygen atoms in total. The van der Waals surface area contributed by atoms with Crippen LogP contribution in [0, 0.1) is 0 Å². The zero-order chi connectivity index (χ0) is 18.4. The minimum Gasteiger partial charge on any atom is -0.377 e. The zero-order valence-electron chi connectivity index (χ0n) is 14.9. The van der Waals surface area contributed by atoms with E-state index in [9.17, 15) is 4.79 Å². The normalized spacial score (nSPS) is 17.2. The highest BCUT2D eigenvalue weighted by atomic mass is 16.5. The molecule has 1 aliphatic rings. The van der Waals surface area contributed by atoms with E-state index in [0.717, 1.165) is 12.4 Å². The summed E-state index contributed by atoms with van der Waals surface area (Å²) in [5.41, 5.74) is 0. The molecule has 1 amide bonds. The van der Waals surface area contributed by atoms with Crippen molar-refractivity contribution in [1.29, 1.82) is 0 Å². The largest absolute Gasteiger partial charge is 0.377 e. The quantitative estimate of drug-likeness (QED) is 0.732. The number of hydrogen-bond donors (Lipinski definition) is 0. The molecule has 0 saturated carbocycles. The molecule has 9 heteroatoms. The van der Waals surface area contributed by atoms with Crippen molar-refractivity contribution in [1.82, 2.24) is 24.8 Å². The summed E-state index contributed by atoms with van der Waals surface area (Å²) in [6.45, 7) is 2.76. The fraction of sp³-hybridized carbons (Fsp3) is 0.471. The van der Waals surface area contributed by atoms with E-state index in [0.29, 0.717) is 32.1 Å². The van der Waals surface area contributed by atoms with Gasteiger partial charge in [0.1, 0.15) is 12.4 Å². The fourth-order valence-corrected chi connectivity index (χ4v) is 2.77. The van der Waals surface area contributed by atoms with Crippen LogP contribution in [0.4, 0.5) is 5.82 Å². The summed E-state index contributed by atoms with van der Waals surface area (Å²) in [4.78, 5) is 32.8. The molecule has 2 aromatic heterocycles. The van der Waals surface area contributed by atoms with Crippen LogP contribution >= 0.6 is 0 Å². The Morgan fingerprint density at radius 1 is 1.35 bits per heavy atom. The molecule has 1 fully saturated rings. The first-order valence-corrected chi connectivity index (χ1v) is 8.37. The summed E-state index contributed by atoms with van der Waals surface area (Å²) in [5.74, 6) is 1.43. The standard InChI is InChI=1S/C17H22N6O3/c1-22(17(24)16-19-5-3-6-20-16)10-13-11-23(8-9-26-13)15-4-7-18-14(21-15)12-25-2/h3-7,13H,8-12H2,1-2H3. The Balaban J connectivity index is 1.61. The van der Waals surface area contributed by atoms with E-state index in [4.69, 9.17) is 9.47 Å². The Morgan fingerprint density at radius 3 is 2.92 bits per heavy atom. The first-order chi connectivity index (χ1) is 12.7. The highest BCUT2D eigenvalue weighted by molar-refractivity contribution is 5.90. The molecule has 3 heterocycles. The molecule has 1 atom stereocenters. The molecule has 0 N–H and O–H groups in total. The molecule has 0 radical (unpaired) electrons. The average molecular weight is 358 g/mol. The Bertz CT molecular complexity index is 729. The lowest BCUT2D eigenvalue weighted by Crippen LogP contribution is -2.48. The lowest BCUT2D eigenvalue weighted by molar-refractivity contribution is 0.0191. The third-order valence-electron chi connectivity index (χ3n) is 4.01. The first-order valence-electron chi connectivity index (χ1n) is 8.37. The Hall–Kier alpha value is -2.65. The summed E-state index contributed by atoms with van der Waals surface area (Å²) < 4.78 is 10.9. The van der Waals surface area contributed by atoms with Crippen LogP contribution in [0.3, 0.4) is 0 Å². The van der Waals surface area contributed by atoms with E-state index in [-0.39, 0.29) is 17.8 Å². The van der Waals surface area contributed by atoms with E-state index >= 15 is 0 Å². The van der Waals surface area contributed by atoms with Gasteiger partial charge in [-0.1, -0.05) is 0 Å². The summed E-state index contributed by atoms with van der Waals surface area (Å²) >= 11 is 0. The summed E-state index contributed by atoms with van der Waals surface area (Å²) in [7, 11) is 3.34. The van der Waals surface area contributed by atoms with Crippen molar-refractivity contribution in [2.45, 2.75) is 12.7 Å². The van der Waals surface area contributed by atoms with Gasteiger partial charge in [-0.05, 0) is 12.1 Å². The van der Waals surface area contributed by atoms with Gasteiger partial charge in [-0.25, -0.2) is 19.9 Å². The molecular formula is C17H22N6O3. The zero-order valence-corrected chi connectivity index (χ0v) is 14.9. The lowest BCUT2D eigenvalue weighted by Gasteiger charge is -2.35. The van der Waals surface area contributed by atoms with Crippen LogP contribution in [0.15, 0.2) is 30.7 Å². The van der Waals surface area contributed by atoms with Crippen LogP contribution in [-0.4, -0.2) is 77.2 Å². The van der Waals surface area contributed by atoms with Gasteiger partial charge in [-0.15, -0.1) is 0 Å². The van der Waals surface area contributed by atoms with E-state index in [1.54, 1.807) is 43.7 Å². The van der Waals surface area contributed by atoms with Gasteiger partial charge in [0.05, 0.1) is 12.7 Å². The number of rotatable bonds is 6. The first kappa shape index (κ1) is 18.2. The maximum atomic E-state index is 12.4. The maximum Gasteiger partial charge on any atom is 0.291 e. The molecule has 26 heavy (non-hydrogen) atoms. The molecule has 0 aromatic carbocycles. The van der Waals surface area contributed by atoms with Gasteiger partial charge in [-0.2, -0.15) is 0 Å². The number of methoxy groups -OCH3 is 1. The van der Waals surface area contributed by atoms with E-state index in [1.807, 2.05) is 6.07 Å². The van der Waals surface area contributed by atoms with Gasteiger partial charge in [0, 0.05) is 52.4 Å². The van der Waals surface area contributed by atoms with Crippen molar-refractivity contribution in [3.63, 3.8) is 0 Å². The van der Waals surface area contributed by atoms with E-state index in [1.165, 1.54) is 0 Å². The number of hydrogen-bond acceptors (Lipinski definition) is 8. The number of carbonyl (C=O) groups is 1. The molecule has 0 aliphatic carbocycles. The van der Waals surface area contributed by atoms with Gasteiger partial charge >= 0.3 is 0 Å². The number of carbonyl (C=O) groups excluding carboxylic acids is 1. The minimum absolute atomic E-state index is 0.123. The van der Waals surface area contributed by atoms with Crippen LogP contribution in [0.2, 0.25) is 0 Å². The van der Waals surface area contributed by atoms with Gasteiger partial charge in [0.15, 0.2) is 5.82 Å². The van der Waals surface area contributed by atoms with Crippen molar-refractivity contribution >= 4 is 11.7 Å². The number of ether oxygens (including phenoxy) is 2. The summed E-state index contributed by atoms with van der Waals surface area (Å²) in [5, 5.41) is 0. The molecular weight excluding hydrogens is 336 g/mol. The van der Waals surface area contributed by atoms with Crippen molar-refractivity contribution in [3.8, 4) is 0 Å². The third-order valence-corrected chi connectivity index (χ3v) is 4.01. The Labute approximate surface area is 152 Å². The van der Waals surface area contributed by atoms with Crippen molar-refractivity contribution in [2.75, 3.05) is 45.3 Å². The number of aromatic nitrogens is 4. The van der Waals surface area contributed by atoms with Crippen molar-refractivity contribution < 1.29 is 14.3 Å². The summed E-state index contributed by atoms with van der Waals surface area (Å²) in [6.07, 6.45) is 4.71. The smallest absolute Gasteiger partial charge is 0.291 e. The number of likely N-dealkylation sites (N-methyl/N-ethyl adjacent to an activating group) is 1. The average Bonchev–Trinajstić information content (AvgIpc) is 2.69. The molecule has 1 aliphatic heterocycles. The highest BCUT2D eigenvalue weighted by Gasteiger charge is 2.25. The van der Waals surface area contributed by atoms with Gasteiger partial charge in [0.25, 0.3) is 5.91 Å². The number of morpholine rings is 1. The van der Waals surface area contributed by atoms with E-state index < -0.39 is 0 Å². The predicted molar refractivity (Wildman–Crippen MR) is 93.7 cm³/mol. The number of anilines is 1. The second kappa shape index (κ2) is 8.63. The maximum absolute atomic E-state index is 12.4. The van der Waals surface area contributed by atoms with Crippen LogP contribution in [0.5, 0.6) is 0 Å². The second-order valence-corrected chi connectivity index (χ2v) is 5.96. The van der Waals surface area contributed by atoms with Crippen LogP contribution in [0.1, 0.15) is 16.4 Å². The number of nitrogens with zero attached hydrogens (tertiary/aromatic N) is 6. The Morgan fingerprint density at radius 2 is 2.15 bits per heavy atom. The van der Waals surface area contributed by atoms with Crippen molar-refractivity contribution in [3.05, 3.63) is 42.4 Å². The summed E-state index contributed by atoms with van der Waals surface area (Å²) in [6, 6.07) is 3.55. The topological polar surface area (TPSA) is 93.6 Å². The molecule has 0 bridgehead atoms.